The molecule has 0 aliphatic rings. The number of aryl methyl sites for hydroxylation is 1. The Morgan fingerprint density at radius 3 is 2.32 bits per heavy atom. The van der Waals surface area contributed by atoms with Gasteiger partial charge >= 0.3 is 0 Å². The number of carbonyl (C=O) groups is 2. The molecule has 0 aromatic heterocycles. The van der Waals surface area contributed by atoms with Gasteiger partial charge in [-0.05, 0) is 43.2 Å². The van der Waals surface area contributed by atoms with Gasteiger partial charge in [-0.3, -0.25) is 9.59 Å². The molecule has 2 amide bonds. The number of benzene rings is 2. The third-order valence-electron chi connectivity index (χ3n) is 3.32. The van der Waals surface area contributed by atoms with Gasteiger partial charge in [0, 0.05) is 23.4 Å². The van der Waals surface area contributed by atoms with Gasteiger partial charge in [0.2, 0.25) is 0 Å². The van der Waals surface area contributed by atoms with E-state index in [1.54, 1.807) is 24.3 Å². The van der Waals surface area contributed by atoms with E-state index in [-0.39, 0.29) is 11.8 Å². The van der Waals surface area contributed by atoms with Crippen LogP contribution in [-0.2, 0) is 0 Å². The van der Waals surface area contributed by atoms with Gasteiger partial charge in [-0.15, -0.1) is 0 Å². The first-order chi connectivity index (χ1) is 10.6. The molecule has 0 saturated heterocycles. The highest BCUT2D eigenvalue weighted by Crippen LogP contribution is 2.15. The van der Waals surface area contributed by atoms with Crippen LogP contribution in [0.25, 0.3) is 0 Å². The normalized spacial score (nSPS) is 10.1. The number of amides is 2. The van der Waals surface area contributed by atoms with Crippen molar-refractivity contribution in [2.45, 2.75) is 20.3 Å². The Bertz CT molecular complexity index is 680. The van der Waals surface area contributed by atoms with E-state index >= 15 is 0 Å². The van der Waals surface area contributed by atoms with Crippen molar-refractivity contribution in [2.75, 3.05) is 11.9 Å². The maximum absolute atomic E-state index is 12.3. The van der Waals surface area contributed by atoms with Crippen molar-refractivity contribution in [3.05, 3.63) is 65.2 Å². The molecule has 2 aromatic carbocycles. The van der Waals surface area contributed by atoms with E-state index in [0.717, 1.165) is 17.7 Å². The molecule has 0 heterocycles. The number of para-hydroxylation sites is 1. The van der Waals surface area contributed by atoms with E-state index in [9.17, 15) is 9.59 Å². The molecule has 0 radical (unpaired) electrons. The van der Waals surface area contributed by atoms with Crippen molar-refractivity contribution in [2.24, 2.45) is 0 Å². The van der Waals surface area contributed by atoms with E-state index in [0.29, 0.717) is 17.7 Å². The van der Waals surface area contributed by atoms with Crippen molar-refractivity contribution >= 4 is 17.5 Å². The van der Waals surface area contributed by atoms with Gasteiger partial charge in [0.15, 0.2) is 0 Å². The molecule has 2 aromatic rings. The number of hydrogen-bond donors (Lipinski definition) is 2. The minimum Gasteiger partial charge on any atom is -0.352 e. The Labute approximate surface area is 130 Å². The van der Waals surface area contributed by atoms with E-state index in [4.69, 9.17) is 0 Å². The lowest BCUT2D eigenvalue weighted by Crippen LogP contribution is -2.24. The summed E-state index contributed by atoms with van der Waals surface area (Å²) in [5, 5.41) is 5.67. The van der Waals surface area contributed by atoms with Crippen molar-refractivity contribution in [1.29, 1.82) is 0 Å². The molecule has 0 aliphatic heterocycles. The highest BCUT2D eigenvalue weighted by molar-refractivity contribution is 6.06. The average Bonchev–Trinajstić information content (AvgIpc) is 2.54. The predicted molar refractivity (Wildman–Crippen MR) is 88.2 cm³/mol. The smallest absolute Gasteiger partial charge is 0.255 e. The van der Waals surface area contributed by atoms with Crippen LogP contribution in [0.5, 0.6) is 0 Å². The zero-order valence-electron chi connectivity index (χ0n) is 12.8. The van der Waals surface area contributed by atoms with Crippen LogP contribution in [0.2, 0.25) is 0 Å². The lowest BCUT2D eigenvalue weighted by Gasteiger charge is -2.09. The molecule has 4 nitrogen and oxygen atoms in total. The molecule has 4 heteroatoms. The average molecular weight is 296 g/mol. The fraction of sp³-hybridized carbons (Fsp3) is 0.222. The van der Waals surface area contributed by atoms with Crippen LogP contribution in [-0.4, -0.2) is 18.4 Å². The number of rotatable bonds is 5. The molecule has 0 fully saturated rings. The largest absolute Gasteiger partial charge is 0.352 e. The van der Waals surface area contributed by atoms with Crippen LogP contribution >= 0.6 is 0 Å². The molecular weight excluding hydrogens is 276 g/mol. The van der Waals surface area contributed by atoms with Crippen LogP contribution in [0, 0.1) is 6.92 Å². The number of hydrogen-bond acceptors (Lipinski definition) is 2. The minimum absolute atomic E-state index is 0.160. The van der Waals surface area contributed by atoms with Crippen molar-refractivity contribution < 1.29 is 9.59 Å². The van der Waals surface area contributed by atoms with Crippen LogP contribution in [0.4, 0.5) is 5.69 Å². The zero-order chi connectivity index (χ0) is 15.9. The van der Waals surface area contributed by atoms with Gasteiger partial charge in [0.05, 0.1) is 0 Å². The summed E-state index contributed by atoms with van der Waals surface area (Å²) < 4.78 is 0. The Hall–Kier alpha value is -2.62. The van der Waals surface area contributed by atoms with Crippen LogP contribution in [0.3, 0.4) is 0 Å². The van der Waals surface area contributed by atoms with Gasteiger partial charge in [0.25, 0.3) is 11.8 Å². The topological polar surface area (TPSA) is 58.2 Å². The Morgan fingerprint density at radius 2 is 1.64 bits per heavy atom. The second kappa shape index (κ2) is 7.41. The van der Waals surface area contributed by atoms with E-state index in [1.165, 1.54) is 0 Å². The third-order valence-corrected chi connectivity index (χ3v) is 3.32. The first kappa shape index (κ1) is 15.8. The highest BCUT2D eigenvalue weighted by Gasteiger charge is 2.11. The second-order valence-electron chi connectivity index (χ2n) is 5.11. The van der Waals surface area contributed by atoms with Crippen LogP contribution < -0.4 is 10.6 Å². The molecule has 0 spiro atoms. The molecule has 0 unspecified atom stereocenters. The molecule has 2 N–H and O–H groups in total. The summed E-state index contributed by atoms with van der Waals surface area (Å²) in [7, 11) is 0. The summed E-state index contributed by atoms with van der Waals surface area (Å²) in [6.07, 6.45) is 0.874. The third kappa shape index (κ3) is 3.95. The molecule has 0 bridgehead atoms. The first-order valence-corrected chi connectivity index (χ1v) is 7.37. The standard InChI is InChI=1S/C18H20N2O2/c1-3-11-19-17(21)14-8-6-9-15(12-14)18(22)20-16-10-5-4-7-13(16)2/h4-10,12H,3,11H2,1-2H3,(H,19,21)(H,20,22). The zero-order valence-corrected chi connectivity index (χ0v) is 12.8. The second-order valence-corrected chi connectivity index (χ2v) is 5.11. The molecule has 0 atom stereocenters. The Morgan fingerprint density at radius 1 is 0.955 bits per heavy atom. The lowest BCUT2D eigenvalue weighted by atomic mass is 10.1. The molecule has 0 saturated carbocycles. The van der Waals surface area contributed by atoms with Gasteiger partial charge in [0.1, 0.15) is 0 Å². The maximum Gasteiger partial charge on any atom is 0.255 e. The van der Waals surface area contributed by atoms with Crippen molar-refractivity contribution in [1.82, 2.24) is 5.32 Å². The summed E-state index contributed by atoms with van der Waals surface area (Å²) in [5.74, 6) is -0.383. The Balaban J connectivity index is 2.13. The van der Waals surface area contributed by atoms with Crippen molar-refractivity contribution in [3.63, 3.8) is 0 Å². The molecule has 22 heavy (non-hydrogen) atoms. The fourth-order valence-electron chi connectivity index (χ4n) is 2.05. The van der Waals surface area contributed by atoms with Crippen LogP contribution in [0.15, 0.2) is 48.5 Å². The predicted octanol–water partition coefficient (Wildman–Crippen LogP) is 3.39. The summed E-state index contributed by atoms with van der Waals surface area (Å²) >= 11 is 0. The van der Waals surface area contributed by atoms with Gasteiger partial charge in [-0.2, -0.15) is 0 Å². The fourth-order valence-corrected chi connectivity index (χ4v) is 2.05. The first-order valence-electron chi connectivity index (χ1n) is 7.37. The molecular formula is C18H20N2O2. The minimum atomic E-state index is -0.223. The quantitative estimate of drug-likeness (QED) is 0.888. The maximum atomic E-state index is 12.3. The van der Waals surface area contributed by atoms with Gasteiger partial charge in [-0.1, -0.05) is 31.2 Å². The number of nitrogens with one attached hydrogen (secondary N) is 2. The SMILES string of the molecule is CCCNC(=O)c1cccc(C(=O)Nc2ccccc2C)c1. The lowest BCUT2D eigenvalue weighted by molar-refractivity contribution is 0.0953. The summed E-state index contributed by atoms with van der Waals surface area (Å²) in [5.41, 5.74) is 2.72. The van der Waals surface area contributed by atoms with E-state index in [1.807, 2.05) is 38.1 Å². The monoisotopic (exact) mass is 296 g/mol. The summed E-state index contributed by atoms with van der Waals surface area (Å²) in [4.78, 5) is 24.3. The van der Waals surface area contributed by atoms with Crippen molar-refractivity contribution in [3.8, 4) is 0 Å². The summed E-state index contributed by atoms with van der Waals surface area (Å²) in [6.45, 7) is 4.55. The Kier molecular flexibility index (Phi) is 5.31. The number of anilines is 1. The van der Waals surface area contributed by atoms with E-state index in [2.05, 4.69) is 10.6 Å². The molecule has 0 aliphatic carbocycles. The van der Waals surface area contributed by atoms with Gasteiger partial charge in [-0.25, -0.2) is 0 Å². The molecule has 114 valence electrons. The van der Waals surface area contributed by atoms with Crippen LogP contribution in [0.1, 0.15) is 39.6 Å². The summed E-state index contributed by atoms with van der Waals surface area (Å²) in [6, 6.07) is 14.3. The van der Waals surface area contributed by atoms with Gasteiger partial charge < -0.3 is 10.6 Å². The molecule has 2 rings (SSSR count). The van der Waals surface area contributed by atoms with E-state index < -0.39 is 0 Å². The highest BCUT2D eigenvalue weighted by atomic mass is 16.2. The number of carbonyl (C=O) groups excluding carboxylic acids is 2.